The lowest BCUT2D eigenvalue weighted by molar-refractivity contribution is -0.128. The number of likely N-dealkylation sites (tertiary alicyclic amines) is 1. The van der Waals surface area contributed by atoms with Gasteiger partial charge in [-0.15, -0.1) is 0 Å². The number of carbonyl (C=O) groups is 1. The van der Waals surface area contributed by atoms with E-state index in [1.807, 2.05) is 36.1 Å². The van der Waals surface area contributed by atoms with E-state index in [1.165, 1.54) is 17.7 Å². The van der Waals surface area contributed by atoms with Gasteiger partial charge in [-0.3, -0.25) is 4.79 Å². The number of halogens is 1. The lowest BCUT2D eigenvalue weighted by Crippen LogP contribution is -2.24. The Morgan fingerprint density at radius 2 is 2.04 bits per heavy atom. The Hall–Kier alpha value is -3.02. The van der Waals surface area contributed by atoms with E-state index in [0.29, 0.717) is 30.9 Å². The molecule has 1 amide bonds. The molecule has 2 aromatic carbocycles. The van der Waals surface area contributed by atoms with E-state index in [2.05, 4.69) is 10.1 Å². The fourth-order valence-corrected chi connectivity index (χ4v) is 3.15. The van der Waals surface area contributed by atoms with E-state index in [0.717, 1.165) is 5.56 Å². The molecule has 0 bridgehead atoms. The molecule has 4 rings (SSSR count). The van der Waals surface area contributed by atoms with Crippen LogP contribution < -0.4 is 0 Å². The third-order valence-electron chi connectivity index (χ3n) is 4.59. The Labute approximate surface area is 150 Å². The molecule has 1 unspecified atom stereocenters. The summed E-state index contributed by atoms with van der Waals surface area (Å²) < 4.78 is 18.6. The topological polar surface area (TPSA) is 59.2 Å². The zero-order valence-corrected chi connectivity index (χ0v) is 14.4. The van der Waals surface area contributed by atoms with Crippen LogP contribution in [0.25, 0.3) is 11.5 Å². The van der Waals surface area contributed by atoms with Gasteiger partial charge in [-0.25, -0.2) is 4.39 Å². The van der Waals surface area contributed by atoms with Gasteiger partial charge in [0.05, 0.1) is 0 Å². The van der Waals surface area contributed by atoms with Crippen molar-refractivity contribution in [3.05, 3.63) is 71.3 Å². The number of rotatable bonds is 4. The van der Waals surface area contributed by atoms with Crippen molar-refractivity contribution in [3.63, 3.8) is 0 Å². The molecule has 2 heterocycles. The molecule has 0 saturated carbocycles. The Morgan fingerprint density at radius 3 is 2.81 bits per heavy atom. The molecule has 1 aliphatic heterocycles. The molecule has 1 atom stereocenters. The van der Waals surface area contributed by atoms with Gasteiger partial charge in [0.15, 0.2) is 5.82 Å². The van der Waals surface area contributed by atoms with Crippen LogP contribution in [0.1, 0.15) is 29.3 Å². The number of aryl methyl sites for hydroxylation is 1. The van der Waals surface area contributed by atoms with Gasteiger partial charge in [0.25, 0.3) is 5.89 Å². The highest BCUT2D eigenvalue weighted by atomic mass is 19.1. The van der Waals surface area contributed by atoms with Crippen molar-refractivity contribution >= 4 is 5.91 Å². The van der Waals surface area contributed by atoms with E-state index in [4.69, 9.17) is 4.52 Å². The van der Waals surface area contributed by atoms with E-state index in [-0.39, 0.29) is 23.5 Å². The van der Waals surface area contributed by atoms with Gasteiger partial charge >= 0.3 is 0 Å². The molecular formula is C20H18FN3O2. The molecule has 1 saturated heterocycles. The van der Waals surface area contributed by atoms with Crippen LogP contribution in [0.2, 0.25) is 0 Å². The van der Waals surface area contributed by atoms with Crippen molar-refractivity contribution in [2.24, 2.45) is 0 Å². The molecule has 1 fully saturated rings. The van der Waals surface area contributed by atoms with Gasteiger partial charge in [0.2, 0.25) is 5.91 Å². The van der Waals surface area contributed by atoms with E-state index in [1.54, 1.807) is 12.1 Å². The summed E-state index contributed by atoms with van der Waals surface area (Å²) in [5, 5.41) is 4.00. The first-order valence-corrected chi connectivity index (χ1v) is 8.51. The molecule has 132 valence electrons. The summed E-state index contributed by atoms with van der Waals surface area (Å²) in [6, 6.07) is 14.2. The first-order chi connectivity index (χ1) is 12.6. The maximum absolute atomic E-state index is 13.4. The summed E-state index contributed by atoms with van der Waals surface area (Å²) in [5.41, 5.74) is 2.82. The SMILES string of the molecule is Cc1ccc(CN2CC(c3noc(-c4cccc(F)c4)n3)CC2=O)cc1. The van der Waals surface area contributed by atoms with Crippen LogP contribution in [-0.4, -0.2) is 27.5 Å². The molecule has 26 heavy (non-hydrogen) atoms. The standard InChI is InChI=1S/C20H18FN3O2/c1-13-5-7-14(8-6-13)11-24-12-16(10-18(24)25)19-22-20(26-23-19)15-3-2-4-17(21)9-15/h2-9,16H,10-12H2,1H3. The number of nitrogens with zero attached hydrogens (tertiary/aromatic N) is 3. The minimum Gasteiger partial charge on any atom is -0.338 e. The lowest BCUT2D eigenvalue weighted by Gasteiger charge is -2.16. The number of hydrogen-bond acceptors (Lipinski definition) is 4. The number of aromatic nitrogens is 2. The molecular weight excluding hydrogens is 333 g/mol. The Balaban J connectivity index is 1.48. The van der Waals surface area contributed by atoms with Gasteiger partial charge in [-0.2, -0.15) is 4.98 Å². The minimum absolute atomic E-state index is 0.0766. The average Bonchev–Trinajstić information content (AvgIpc) is 3.24. The molecule has 0 N–H and O–H groups in total. The maximum Gasteiger partial charge on any atom is 0.258 e. The van der Waals surface area contributed by atoms with Crippen molar-refractivity contribution in [1.82, 2.24) is 15.0 Å². The van der Waals surface area contributed by atoms with Crippen molar-refractivity contribution in [1.29, 1.82) is 0 Å². The molecule has 5 nitrogen and oxygen atoms in total. The molecule has 0 aliphatic carbocycles. The van der Waals surface area contributed by atoms with Gasteiger partial charge in [0, 0.05) is 31.0 Å². The Morgan fingerprint density at radius 1 is 1.23 bits per heavy atom. The van der Waals surface area contributed by atoms with Crippen LogP contribution in [0.4, 0.5) is 4.39 Å². The van der Waals surface area contributed by atoms with Crippen molar-refractivity contribution in [2.45, 2.75) is 25.8 Å². The minimum atomic E-state index is -0.359. The van der Waals surface area contributed by atoms with Crippen LogP contribution in [0.3, 0.4) is 0 Å². The van der Waals surface area contributed by atoms with E-state index >= 15 is 0 Å². The number of amides is 1. The quantitative estimate of drug-likeness (QED) is 0.719. The Bertz CT molecular complexity index is 936. The highest BCUT2D eigenvalue weighted by Gasteiger charge is 2.33. The smallest absolute Gasteiger partial charge is 0.258 e. The third kappa shape index (κ3) is 3.35. The summed E-state index contributed by atoms with van der Waals surface area (Å²) in [6.45, 7) is 3.16. The molecule has 1 aliphatic rings. The number of hydrogen-bond donors (Lipinski definition) is 0. The second kappa shape index (κ2) is 6.71. The van der Waals surface area contributed by atoms with Gasteiger partial charge in [-0.1, -0.05) is 41.1 Å². The first-order valence-electron chi connectivity index (χ1n) is 8.51. The normalized spacial score (nSPS) is 17.1. The zero-order valence-electron chi connectivity index (χ0n) is 14.4. The molecule has 0 radical (unpaired) electrons. The summed E-state index contributed by atoms with van der Waals surface area (Å²) in [6.07, 6.45) is 0.355. The predicted octanol–water partition coefficient (Wildman–Crippen LogP) is 3.70. The molecule has 1 aromatic heterocycles. The van der Waals surface area contributed by atoms with Crippen LogP contribution >= 0.6 is 0 Å². The second-order valence-corrected chi connectivity index (χ2v) is 6.63. The zero-order chi connectivity index (χ0) is 18.1. The largest absolute Gasteiger partial charge is 0.338 e. The van der Waals surface area contributed by atoms with Gasteiger partial charge in [-0.05, 0) is 30.7 Å². The summed E-state index contributed by atoms with van der Waals surface area (Å²) >= 11 is 0. The van der Waals surface area contributed by atoms with Crippen LogP contribution in [0.5, 0.6) is 0 Å². The van der Waals surface area contributed by atoms with Gasteiger partial charge < -0.3 is 9.42 Å². The summed E-state index contributed by atoms with van der Waals surface area (Å²) in [5.74, 6) is 0.363. The highest BCUT2D eigenvalue weighted by molar-refractivity contribution is 5.79. The number of carbonyl (C=O) groups excluding carboxylic acids is 1. The maximum atomic E-state index is 13.4. The average molecular weight is 351 g/mol. The summed E-state index contributed by atoms with van der Waals surface area (Å²) in [4.78, 5) is 18.5. The Kier molecular flexibility index (Phi) is 4.24. The molecule has 3 aromatic rings. The summed E-state index contributed by atoms with van der Waals surface area (Å²) in [7, 11) is 0. The monoisotopic (exact) mass is 351 g/mol. The first kappa shape index (κ1) is 16.4. The van der Waals surface area contributed by atoms with Gasteiger partial charge in [0.1, 0.15) is 5.82 Å². The van der Waals surface area contributed by atoms with Crippen molar-refractivity contribution < 1.29 is 13.7 Å². The van der Waals surface area contributed by atoms with Crippen molar-refractivity contribution in [3.8, 4) is 11.5 Å². The van der Waals surface area contributed by atoms with Crippen LogP contribution in [-0.2, 0) is 11.3 Å². The molecule has 0 spiro atoms. The third-order valence-corrected chi connectivity index (χ3v) is 4.59. The predicted molar refractivity (Wildman–Crippen MR) is 93.6 cm³/mol. The fraction of sp³-hybridized carbons (Fsp3) is 0.250. The van der Waals surface area contributed by atoms with E-state index < -0.39 is 0 Å². The lowest BCUT2D eigenvalue weighted by atomic mass is 10.1. The van der Waals surface area contributed by atoms with E-state index in [9.17, 15) is 9.18 Å². The highest BCUT2D eigenvalue weighted by Crippen LogP contribution is 2.29. The fourth-order valence-electron chi connectivity index (χ4n) is 3.15. The van der Waals surface area contributed by atoms with Crippen molar-refractivity contribution in [2.75, 3.05) is 6.54 Å². The number of benzene rings is 2. The van der Waals surface area contributed by atoms with Crippen LogP contribution in [0, 0.1) is 12.7 Å². The molecule has 6 heteroatoms. The second-order valence-electron chi connectivity index (χ2n) is 6.63. The van der Waals surface area contributed by atoms with Crippen LogP contribution in [0.15, 0.2) is 53.1 Å².